The minimum Gasteiger partial charge on any atom is -0.462 e. The summed E-state index contributed by atoms with van der Waals surface area (Å²) in [7, 11) is 0. The molecule has 0 atom stereocenters. The fourth-order valence-corrected chi connectivity index (χ4v) is 1.31. The zero-order valence-corrected chi connectivity index (χ0v) is 6.14. The number of nitrogens with one attached hydrogen (secondary N) is 2. The lowest BCUT2D eigenvalue weighted by atomic mass is 10.2. The molecule has 0 aromatic rings. The molecule has 0 saturated carbocycles. The second-order valence-corrected chi connectivity index (χ2v) is 2.59. The molecular formula is C7H10N2O2. The highest BCUT2D eigenvalue weighted by atomic mass is 16.5. The molecule has 0 amide bonds. The van der Waals surface area contributed by atoms with Crippen LogP contribution in [0.5, 0.6) is 0 Å². The number of rotatable bonds is 0. The molecular weight excluding hydrogens is 144 g/mol. The molecule has 0 aromatic heterocycles. The van der Waals surface area contributed by atoms with Gasteiger partial charge in [0, 0.05) is 19.5 Å². The van der Waals surface area contributed by atoms with Crippen LogP contribution in [0.25, 0.3) is 0 Å². The van der Waals surface area contributed by atoms with E-state index in [-0.39, 0.29) is 5.97 Å². The van der Waals surface area contributed by atoms with Crippen LogP contribution in [0.15, 0.2) is 11.4 Å². The Morgan fingerprint density at radius 3 is 2.55 bits per heavy atom. The number of ether oxygens (including phenoxy) is 1. The lowest BCUT2D eigenvalue weighted by Gasteiger charge is -2.00. The van der Waals surface area contributed by atoms with Gasteiger partial charge in [0.25, 0.3) is 0 Å². The van der Waals surface area contributed by atoms with Crippen molar-refractivity contribution in [2.45, 2.75) is 6.42 Å². The highest BCUT2D eigenvalue weighted by Crippen LogP contribution is 2.15. The Balaban J connectivity index is 2.23. The average Bonchev–Trinajstić information content (AvgIpc) is 2.55. The number of hydrogen-bond donors (Lipinski definition) is 2. The summed E-state index contributed by atoms with van der Waals surface area (Å²) in [5.41, 5.74) is 0.766. The Bertz CT molecular complexity index is 214. The van der Waals surface area contributed by atoms with Crippen LogP contribution in [-0.4, -0.2) is 25.7 Å². The molecule has 4 nitrogen and oxygen atoms in total. The molecule has 2 N–H and O–H groups in total. The smallest absolute Gasteiger partial charge is 0.337 e. The maximum absolute atomic E-state index is 11.0. The molecule has 11 heavy (non-hydrogen) atoms. The van der Waals surface area contributed by atoms with Crippen molar-refractivity contribution >= 4 is 5.97 Å². The average molecular weight is 154 g/mol. The third-order valence-electron chi connectivity index (χ3n) is 1.86. The van der Waals surface area contributed by atoms with Crippen LogP contribution in [0, 0.1) is 0 Å². The summed E-state index contributed by atoms with van der Waals surface area (Å²) >= 11 is 0. The van der Waals surface area contributed by atoms with E-state index in [0.717, 1.165) is 30.9 Å². The number of carbonyl (C=O) groups excluding carboxylic acids is 1. The van der Waals surface area contributed by atoms with Crippen molar-refractivity contribution in [2.75, 3.05) is 19.7 Å². The van der Waals surface area contributed by atoms with Gasteiger partial charge in [-0.05, 0) is 0 Å². The van der Waals surface area contributed by atoms with Crippen LogP contribution in [0.2, 0.25) is 0 Å². The van der Waals surface area contributed by atoms with Crippen LogP contribution >= 0.6 is 0 Å². The van der Waals surface area contributed by atoms with Gasteiger partial charge in [0.05, 0.1) is 12.2 Å². The maximum atomic E-state index is 11.0. The fraction of sp³-hybridized carbons (Fsp3) is 0.571. The molecule has 0 aliphatic carbocycles. The van der Waals surface area contributed by atoms with Crippen molar-refractivity contribution in [3.05, 3.63) is 11.4 Å². The van der Waals surface area contributed by atoms with Gasteiger partial charge in [-0.15, -0.1) is 0 Å². The van der Waals surface area contributed by atoms with E-state index in [2.05, 4.69) is 10.6 Å². The molecule has 0 bridgehead atoms. The molecule has 0 unspecified atom stereocenters. The van der Waals surface area contributed by atoms with Gasteiger partial charge in [-0.3, -0.25) is 0 Å². The monoisotopic (exact) mass is 154 g/mol. The van der Waals surface area contributed by atoms with Crippen molar-refractivity contribution < 1.29 is 9.53 Å². The number of carbonyl (C=O) groups is 1. The summed E-state index contributed by atoms with van der Waals surface area (Å²) in [5, 5.41) is 6.19. The van der Waals surface area contributed by atoms with E-state index in [4.69, 9.17) is 4.74 Å². The summed E-state index contributed by atoms with van der Waals surface area (Å²) in [4.78, 5) is 11.0. The Hall–Kier alpha value is -1.19. The van der Waals surface area contributed by atoms with E-state index in [1.165, 1.54) is 0 Å². The topological polar surface area (TPSA) is 50.4 Å². The Morgan fingerprint density at radius 2 is 2.00 bits per heavy atom. The van der Waals surface area contributed by atoms with E-state index >= 15 is 0 Å². The van der Waals surface area contributed by atoms with Crippen LogP contribution in [-0.2, 0) is 9.53 Å². The van der Waals surface area contributed by atoms with E-state index in [9.17, 15) is 4.79 Å². The Kier molecular flexibility index (Phi) is 1.45. The van der Waals surface area contributed by atoms with E-state index < -0.39 is 0 Å². The first-order chi connectivity index (χ1) is 5.38. The van der Waals surface area contributed by atoms with Gasteiger partial charge < -0.3 is 15.4 Å². The predicted molar refractivity (Wildman–Crippen MR) is 38.6 cm³/mol. The van der Waals surface area contributed by atoms with Crippen molar-refractivity contribution in [2.24, 2.45) is 0 Å². The van der Waals surface area contributed by atoms with Gasteiger partial charge in [-0.2, -0.15) is 0 Å². The second-order valence-electron chi connectivity index (χ2n) is 2.59. The maximum Gasteiger partial charge on any atom is 0.337 e. The normalized spacial score (nSPS) is 23.1. The van der Waals surface area contributed by atoms with Crippen LogP contribution < -0.4 is 10.6 Å². The standard InChI is InChI=1S/C7H10N2O2/c10-7-5(1-4-11-7)6-8-2-3-9-6/h8-9H,1-4H2. The van der Waals surface area contributed by atoms with Gasteiger partial charge >= 0.3 is 5.97 Å². The summed E-state index contributed by atoms with van der Waals surface area (Å²) in [6.07, 6.45) is 0.730. The highest BCUT2D eigenvalue weighted by Gasteiger charge is 2.24. The van der Waals surface area contributed by atoms with Crippen molar-refractivity contribution in [1.82, 2.24) is 10.6 Å². The van der Waals surface area contributed by atoms with Gasteiger partial charge in [0.15, 0.2) is 0 Å². The highest BCUT2D eigenvalue weighted by molar-refractivity contribution is 5.91. The summed E-state index contributed by atoms with van der Waals surface area (Å²) < 4.78 is 4.80. The first kappa shape index (κ1) is 6.52. The van der Waals surface area contributed by atoms with Gasteiger partial charge in [-0.25, -0.2) is 4.79 Å². The first-order valence-electron chi connectivity index (χ1n) is 3.76. The summed E-state index contributed by atoms with van der Waals surface area (Å²) in [6, 6.07) is 0. The van der Waals surface area contributed by atoms with E-state index in [1.807, 2.05) is 0 Å². The lowest BCUT2D eigenvalue weighted by Crippen LogP contribution is -2.15. The number of cyclic esters (lactones) is 1. The van der Waals surface area contributed by atoms with Gasteiger partial charge in [0.1, 0.15) is 5.82 Å². The molecule has 2 fully saturated rings. The quantitative estimate of drug-likeness (QED) is 0.359. The lowest BCUT2D eigenvalue weighted by molar-refractivity contribution is -0.135. The predicted octanol–water partition coefficient (Wildman–Crippen LogP) is -0.662. The summed E-state index contributed by atoms with van der Waals surface area (Å²) in [5.74, 6) is 0.689. The molecule has 2 aliphatic rings. The van der Waals surface area contributed by atoms with E-state index in [0.29, 0.717) is 6.61 Å². The zero-order valence-electron chi connectivity index (χ0n) is 6.14. The molecule has 2 saturated heterocycles. The van der Waals surface area contributed by atoms with Crippen molar-refractivity contribution in [3.63, 3.8) is 0 Å². The van der Waals surface area contributed by atoms with Crippen LogP contribution in [0.3, 0.4) is 0 Å². The molecule has 4 heteroatoms. The Labute approximate surface area is 64.6 Å². The van der Waals surface area contributed by atoms with Crippen molar-refractivity contribution in [1.29, 1.82) is 0 Å². The summed E-state index contributed by atoms with van der Waals surface area (Å²) in [6.45, 7) is 2.32. The minimum atomic E-state index is -0.179. The third kappa shape index (κ3) is 1.04. The van der Waals surface area contributed by atoms with Gasteiger partial charge in [0.2, 0.25) is 0 Å². The second kappa shape index (κ2) is 2.45. The van der Waals surface area contributed by atoms with Gasteiger partial charge in [-0.1, -0.05) is 0 Å². The largest absolute Gasteiger partial charge is 0.462 e. The van der Waals surface area contributed by atoms with Crippen LogP contribution in [0.1, 0.15) is 6.42 Å². The van der Waals surface area contributed by atoms with Crippen molar-refractivity contribution in [3.8, 4) is 0 Å². The number of esters is 1. The molecule has 2 rings (SSSR count). The molecule has 0 aromatic carbocycles. The first-order valence-corrected chi connectivity index (χ1v) is 3.76. The minimum absolute atomic E-state index is 0.179. The molecule has 60 valence electrons. The SMILES string of the molecule is O=C1OCCC1=C1NCCN1. The molecule has 2 heterocycles. The molecule has 2 aliphatic heterocycles. The van der Waals surface area contributed by atoms with Crippen LogP contribution in [0.4, 0.5) is 0 Å². The molecule has 0 spiro atoms. The fourth-order valence-electron chi connectivity index (χ4n) is 1.31. The number of hydrogen-bond acceptors (Lipinski definition) is 4. The molecule has 0 radical (unpaired) electrons. The third-order valence-corrected chi connectivity index (χ3v) is 1.86. The van der Waals surface area contributed by atoms with E-state index in [1.54, 1.807) is 0 Å². The Morgan fingerprint density at radius 1 is 1.27 bits per heavy atom. The zero-order chi connectivity index (χ0) is 7.68.